The lowest BCUT2D eigenvalue weighted by Crippen LogP contribution is -1.93. The number of nitrogens with zero attached hydrogens (tertiary/aromatic N) is 2. The van der Waals surface area contributed by atoms with Crippen molar-refractivity contribution in [1.29, 1.82) is 0 Å². The lowest BCUT2D eigenvalue weighted by Gasteiger charge is -2.01. The van der Waals surface area contributed by atoms with Crippen LogP contribution in [0, 0.1) is 0 Å². The van der Waals surface area contributed by atoms with Crippen LogP contribution in [0.25, 0.3) is 11.8 Å². The lowest BCUT2D eigenvalue weighted by atomic mass is 10.2. The van der Waals surface area contributed by atoms with Gasteiger partial charge in [0.25, 0.3) is 0 Å². The molecule has 82 valence electrons. The lowest BCUT2D eigenvalue weighted by molar-refractivity contribution is 0.300. The molecule has 0 aliphatic heterocycles. The van der Waals surface area contributed by atoms with E-state index < -0.39 is 12.4 Å². The van der Waals surface area contributed by atoms with Crippen LogP contribution >= 0.6 is 0 Å². The van der Waals surface area contributed by atoms with Crippen LogP contribution in [-0.2, 0) is 0 Å². The maximum Gasteiger partial charge on any atom is 0.126 e. The minimum absolute atomic E-state index is 0.549. The van der Waals surface area contributed by atoms with Crippen molar-refractivity contribution in [3.05, 3.63) is 54.1 Å². The van der Waals surface area contributed by atoms with Crippen LogP contribution < -0.4 is 0 Å². The van der Waals surface area contributed by atoms with Gasteiger partial charge in [-0.1, -0.05) is 12.1 Å². The summed E-state index contributed by atoms with van der Waals surface area (Å²) in [5.41, 5.74) is 1.62. The first-order chi connectivity index (χ1) is 7.79. The minimum Gasteiger partial charge on any atom is -0.389 e. The number of hydrogen-bond acceptors (Lipinski definition) is 2. The summed E-state index contributed by atoms with van der Waals surface area (Å²) in [5, 5.41) is 12.6. The second kappa shape index (κ2) is 4.72. The van der Waals surface area contributed by atoms with Gasteiger partial charge in [-0.3, -0.25) is 0 Å². The minimum atomic E-state index is -0.569. The summed E-state index contributed by atoms with van der Waals surface area (Å²) in [6, 6.07) is 9.05. The van der Waals surface area contributed by atoms with E-state index in [-0.39, 0.29) is 0 Å². The maximum absolute atomic E-state index is 12.8. The molecule has 0 saturated heterocycles. The molecule has 1 aromatic heterocycles. The number of rotatable bonds is 3. The quantitative estimate of drug-likeness (QED) is 0.857. The Morgan fingerprint density at radius 3 is 2.69 bits per heavy atom. The van der Waals surface area contributed by atoms with E-state index in [1.807, 2.05) is 24.4 Å². The molecule has 0 aliphatic rings. The van der Waals surface area contributed by atoms with Crippen LogP contribution in [0.5, 0.6) is 0 Å². The van der Waals surface area contributed by atoms with Crippen LogP contribution in [0.1, 0.15) is 5.56 Å². The van der Waals surface area contributed by atoms with Gasteiger partial charge in [-0.25, -0.2) is 9.07 Å². The van der Waals surface area contributed by atoms with E-state index in [0.29, 0.717) is 5.56 Å². The van der Waals surface area contributed by atoms with Gasteiger partial charge in [0.2, 0.25) is 0 Å². The monoisotopic (exact) mass is 218 g/mol. The van der Waals surface area contributed by atoms with Crippen molar-refractivity contribution in [3.63, 3.8) is 0 Å². The highest BCUT2D eigenvalue weighted by atomic mass is 19.1. The molecule has 0 bridgehead atoms. The SMILES string of the molecule is OC/C(F)=C/c1ccc(-n2cccn2)cc1. The average molecular weight is 218 g/mol. The third-order valence-corrected chi connectivity index (χ3v) is 2.14. The molecule has 0 amide bonds. The molecule has 0 saturated carbocycles. The highest BCUT2D eigenvalue weighted by Gasteiger charge is 1.97. The van der Waals surface area contributed by atoms with Crippen molar-refractivity contribution in [1.82, 2.24) is 9.78 Å². The average Bonchev–Trinajstić information content (AvgIpc) is 2.83. The fourth-order valence-corrected chi connectivity index (χ4v) is 1.37. The van der Waals surface area contributed by atoms with E-state index in [4.69, 9.17) is 5.11 Å². The van der Waals surface area contributed by atoms with Gasteiger partial charge >= 0.3 is 0 Å². The zero-order valence-corrected chi connectivity index (χ0v) is 8.55. The largest absolute Gasteiger partial charge is 0.389 e. The van der Waals surface area contributed by atoms with Crippen LogP contribution in [-0.4, -0.2) is 21.5 Å². The first kappa shape index (κ1) is 10.6. The topological polar surface area (TPSA) is 38.0 Å². The summed E-state index contributed by atoms with van der Waals surface area (Å²) in [5.74, 6) is -0.549. The smallest absolute Gasteiger partial charge is 0.126 e. The van der Waals surface area contributed by atoms with E-state index in [0.717, 1.165) is 5.69 Å². The maximum atomic E-state index is 12.8. The van der Waals surface area contributed by atoms with Gasteiger partial charge in [0, 0.05) is 12.4 Å². The third kappa shape index (κ3) is 2.35. The fourth-order valence-electron chi connectivity index (χ4n) is 1.37. The second-order valence-electron chi connectivity index (χ2n) is 3.29. The van der Waals surface area contributed by atoms with E-state index in [1.165, 1.54) is 6.08 Å². The summed E-state index contributed by atoms with van der Waals surface area (Å²) in [6.07, 6.45) is 4.82. The highest BCUT2D eigenvalue weighted by Crippen LogP contribution is 2.11. The molecular formula is C12H11FN2O. The number of aliphatic hydroxyl groups excluding tert-OH is 1. The van der Waals surface area contributed by atoms with Gasteiger partial charge in [0.1, 0.15) is 5.83 Å². The Hall–Kier alpha value is -1.94. The van der Waals surface area contributed by atoms with Gasteiger partial charge in [0.05, 0.1) is 12.3 Å². The standard InChI is InChI=1S/C12H11FN2O/c13-11(9-16)8-10-2-4-12(5-3-10)15-7-1-6-14-15/h1-8,16H,9H2/b11-8-. The highest BCUT2D eigenvalue weighted by molar-refractivity contribution is 5.53. The van der Waals surface area contributed by atoms with Crippen molar-refractivity contribution in [2.75, 3.05) is 6.61 Å². The molecule has 0 atom stereocenters. The number of aliphatic hydroxyl groups is 1. The molecule has 2 aromatic rings. The molecule has 1 aromatic carbocycles. The van der Waals surface area contributed by atoms with Gasteiger partial charge < -0.3 is 5.11 Å². The predicted molar refractivity (Wildman–Crippen MR) is 59.7 cm³/mol. The zero-order chi connectivity index (χ0) is 11.4. The van der Waals surface area contributed by atoms with Gasteiger partial charge in [0.15, 0.2) is 0 Å². The Labute approximate surface area is 92.5 Å². The Morgan fingerprint density at radius 2 is 2.12 bits per heavy atom. The third-order valence-electron chi connectivity index (χ3n) is 2.14. The van der Waals surface area contributed by atoms with Crippen LogP contribution in [0.15, 0.2) is 48.6 Å². The molecule has 16 heavy (non-hydrogen) atoms. The molecule has 0 spiro atoms. The van der Waals surface area contributed by atoms with Crippen molar-refractivity contribution in [2.24, 2.45) is 0 Å². The van der Waals surface area contributed by atoms with Crippen LogP contribution in [0.3, 0.4) is 0 Å². The zero-order valence-electron chi connectivity index (χ0n) is 8.55. The van der Waals surface area contributed by atoms with Crippen molar-refractivity contribution in [2.45, 2.75) is 0 Å². The molecule has 1 N–H and O–H groups in total. The predicted octanol–water partition coefficient (Wildman–Crippen LogP) is 2.17. The summed E-state index contributed by atoms with van der Waals surface area (Å²) >= 11 is 0. The molecule has 0 unspecified atom stereocenters. The van der Waals surface area contributed by atoms with Crippen molar-refractivity contribution >= 4 is 6.08 Å². The summed E-state index contributed by atoms with van der Waals surface area (Å²) in [7, 11) is 0. The Morgan fingerprint density at radius 1 is 1.38 bits per heavy atom. The number of hydrogen-bond donors (Lipinski definition) is 1. The fraction of sp³-hybridized carbons (Fsp3) is 0.0833. The molecule has 0 radical (unpaired) electrons. The first-order valence-corrected chi connectivity index (χ1v) is 4.86. The second-order valence-corrected chi connectivity index (χ2v) is 3.29. The number of aromatic nitrogens is 2. The molecule has 0 fully saturated rings. The molecular weight excluding hydrogens is 207 g/mol. The van der Waals surface area contributed by atoms with Crippen molar-refractivity contribution in [3.8, 4) is 5.69 Å². The van der Waals surface area contributed by atoms with E-state index in [9.17, 15) is 4.39 Å². The molecule has 3 nitrogen and oxygen atoms in total. The van der Waals surface area contributed by atoms with E-state index >= 15 is 0 Å². The first-order valence-electron chi connectivity index (χ1n) is 4.86. The summed E-state index contributed by atoms with van der Waals surface area (Å²) < 4.78 is 14.5. The van der Waals surface area contributed by atoms with E-state index in [2.05, 4.69) is 5.10 Å². The molecule has 4 heteroatoms. The summed E-state index contributed by atoms with van der Waals surface area (Å²) in [4.78, 5) is 0. The summed E-state index contributed by atoms with van der Waals surface area (Å²) in [6.45, 7) is -0.569. The van der Waals surface area contributed by atoms with Gasteiger partial charge in [-0.05, 0) is 29.8 Å². The van der Waals surface area contributed by atoms with Crippen LogP contribution in [0.2, 0.25) is 0 Å². The molecule has 1 heterocycles. The normalized spacial score (nSPS) is 11.8. The molecule has 2 rings (SSSR count). The van der Waals surface area contributed by atoms with Gasteiger partial charge in [-0.15, -0.1) is 0 Å². The van der Waals surface area contributed by atoms with Crippen molar-refractivity contribution < 1.29 is 9.50 Å². The van der Waals surface area contributed by atoms with Crippen LogP contribution in [0.4, 0.5) is 4.39 Å². The number of benzene rings is 1. The Kier molecular flexibility index (Phi) is 3.12. The number of halogens is 1. The molecule has 0 aliphatic carbocycles. The Balaban J connectivity index is 2.23. The van der Waals surface area contributed by atoms with E-state index in [1.54, 1.807) is 23.0 Å². The van der Waals surface area contributed by atoms with Gasteiger partial charge in [-0.2, -0.15) is 5.10 Å². The Bertz CT molecular complexity index is 474.